The molecule has 3 aromatic carbocycles. The van der Waals surface area contributed by atoms with E-state index in [1.54, 1.807) is 24.8 Å². The van der Waals surface area contributed by atoms with Gasteiger partial charge in [-0.1, -0.05) is 34.7 Å². The van der Waals surface area contributed by atoms with E-state index in [-0.39, 0.29) is 22.5 Å². The number of rotatable bonds is 6. The minimum absolute atomic E-state index is 0.175. The Morgan fingerprint density at radius 1 is 0.614 bits per heavy atom. The van der Waals surface area contributed by atoms with Crippen LogP contribution >= 0.6 is 0 Å². The van der Waals surface area contributed by atoms with Gasteiger partial charge in [0.15, 0.2) is 11.5 Å². The molecule has 0 saturated carbocycles. The zero-order valence-electron chi connectivity index (χ0n) is 22.3. The molecule has 0 aliphatic rings. The molecule has 0 atom stereocenters. The van der Waals surface area contributed by atoms with Crippen molar-refractivity contribution in [3.05, 3.63) is 96.6 Å². The van der Waals surface area contributed by atoms with Crippen LogP contribution in [0, 0.1) is 0 Å². The third kappa shape index (κ3) is 4.30. The predicted octanol–water partition coefficient (Wildman–Crippen LogP) is 4.09. The Morgan fingerprint density at radius 2 is 1.05 bits per heavy atom. The molecule has 0 bridgehead atoms. The Balaban J connectivity index is 1.20. The van der Waals surface area contributed by atoms with Gasteiger partial charge in [0.1, 0.15) is 33.9 Å². The van der Waals surface area contributed by atoms with E-state index in [1.807, 2.05) is 24.3 Å². The van der Waals surface area contributed by atoms with Crippen LogP contribution in [0.5, 0.6) is 11.5 Å². The van der Waals surface area contributed by atoms with Crippen molar-refractivity contribution in [2.75, 3.05) is 0 Å². The monoisotopic (exact) mass is 586 g/mol. The average molecular weight is 587 g/mol. The first-order valence-corrected chi connectivity index (χ1v) is 12.9. The summed E-state index contributed by atoms with van der Waals surface area (Å²) in [4.78, 5) is 32.0. The van der Waals surface area contributed by atoms with E-state index in [9.17, 15) is 30.0 Å². The van der Waals surface area contributed by atoms with Crippen molar-refractivity contribution in [2.45, 2.75) is 0 Å². The predicted molar refractivity (Wildman–Crippen MR) is 155 cm³/mol. The van der Waals surface area contributed by atoms with Gasteiger partial charge in [-0.15, -0.1) is 10.2 Å². The number of para-hydroxylation sites is 2. The van der Waals surface area contributed by atoms with E-state index in [1.165, 1.54) is 45.8 Å². The van der Waals surface area contributed by atoms with Gasteiger partial charge in [0.05, 0.1) is 23.4 Å². The second-order valence-electron chi connectivity index (χ2n) is 9.71. The minimum atomic E-state index is -1.26. The van der Waals surface area contributed by atoms with Crippen LogP contribution in [-0.2, 0) is 0 Å². The summed E-state index contributed by atoms with van der Waals surface area (Å²) in [5.41, 5.74) is 3.39. The van der Waals surface area contributed by atoms with E-state index < -0.39 is 23.4 Å². The summed E-state index contributed by atoms with van der Waals surface area (Å²) in [6, 6.07) is 16.2. The summed E-state index contributed by atoms with van der Waals surface area (Å²) in [6.45, 7) is 0. The Kier molecular flexibility index (Phi) is 5.95. The number of phenols is 2. The smallest absolute Gasteiger partial charge is 0.339 e. The van der Waals surface area contributed by atoms with Gasteiger partial charge in [0, 0.05) is 34.3 Å². The molecule has 0 unspecified atom stereocenters. The van der Waals surface area contributed by atoms with Gasteiger partial charge < -0.3 is 20.4 Å². The van der Waals surface area contributed by atoms with Gasteiger partial charge >= 0.3 is 11.9 Å². The average Bonchev–Trinajstić information content (AvgIpc) is 3.71. The molecule has 44 heavy (non-hydrogen) atoms. The number of aromatic hydroxyl groups is 2. The zero-order valence-corrected chi connectivity index (χ0v) is 22.3. The molecular formula is C30H18N8O6. The number of carbonyl (C=O) groups is 2. The molecule has 0 aliphatic carbocycles. The normalized spacial score (nSPS) is 11.3. The summed E-state index contributed by atoms with van der Waals surface area (Å²) in [5.74, 6) is -3.35. The maximum atomic E-state index is 11.4. The Bertz CT molecular complexity index is 2130. The molecule has 14 nitrogen and oxygen atoms in total. The molecule has 214 valence electrons. The van der Waals surface area contributed by atoms with Crippen LogP contribution in [0.15, 0.2) is 85.5 Å². The van der Waals surface area contributed by atoms with Crippen LogP contribution in [0.2, 0.25) is 0 Å². The van der Waals surface area contributed by atoms with Gasteiger partial charge in [-0.25, -0.2) is 19.0 Å². The zero-order chi connectivity index (χ0) is 30.5. The summed E-state index contributed by atoms with van der Waals surface area (Å²) in [5, 5.41) is 57.4. The summed E-state index contributed by atoms with van der Waals surface area (Å²) < 4.78 is 2.59. The molecule has 14 heteroatoms. The van der Waals surface area contributed by atoms with Gasteiger partial charge in [0.25, 0.3) is 0 Å². The number of nitrogens with zero attached hydrogens (tertiary/aromatic N) is 8. The minimum Gasteiger partial charge on any atom is -0.505 e. The number of aromatic carboxylic acids is 2. The molecule has 7 rings (SSSR count). The first kappa shape index (κ1) is 26.2. The highest BCUT2D eigenvalue weighted by Gasteiger charge is 2.18. The molecule has 4 heterocycles. The maximum Gasteiger partial charge on any atom is 0.339 e. The van der Waals surface area contributed by atoms with E-state index >= 15 is 0 Å². The summed E-state index contributed by atoms with van der Waals surface area (Å²) in [7, 11) is 0. The Morgan fingerprint density at radius 3 is 1.45 bits per heavy atom. The lowest BCUT2D eigenvalue weighted by molar-refractivity contribution is 0.0682. The molecule has 4 N–H and O–H groups in total. The lowest BCUT2D eigenvalue weighted by Gasteiger charge is -2.06. The van der Waals surface area contributed by atoms with Crippen LogP contribution in [0.25, 0.3) is 55.7 Å². The Hall–Kier alpha value is -6.70. The van der Waals surface area contributed by atoms with Crippen molar-refractivity contribution < 1.29 is 30.0 Å². The second kappa shape index (κ2) is 9.99. The van der Waals surface area contributed by atoms with E-state index in [2.05, 4.69) is 30.6 Å². The highest BCUT2D eigenvalue weighted by atomic mass is 16.4. The lowest BCUT2D eigenvalue weighted by Crippen LogP contribution is -2.01. The number of carboxylic acids is 2. The number of fused-ring (bicyclic) bond motifs is 3. The standard InChI is InChI=1S/C30H18N8O6/c39-27-19(29(41)42)3-1-5-23(27)37-13-21(33-35-37)17-9-15-7-8-16-10-18(12-32-26(16)25(15)31-11-17)22-14-38(36-34-22)24-6-2-4-20(28(24)40)30(43)44/h1-14,39-40H,(H,41,42)(H,43,44). The van der Waals surface area contributed by atoms with Gasteiger partial charge in [-0.3, -0.25) is 9.97 Å². The molecule has 7 aromatic rings. The van der Waals surface area contributed by atoms with Crippen LogP contribution in [0.1, 0.15) is 20.7 Å². The van der Waals surface area contributed by atoms with Crippen LogP contribution in [0.4, 0.5) is 0 Å². The molecule has 4 aromatic heterocycles. The molecule has 0 saturated heterocycles. The number of aromatic nitrogens is 8. The number of pyridine rings is 2. The van der Waals surface area contributed by atoms with Crippen LogP contribution in [-0.4, -0.2) is 72.3 Å². The first-order valence-electron chi connectivity index (χ1n) is 12.9. The molecule has 0 aliphatic heterocycles. The SMILES string of the molecule is O=C(O)c1cccc(-n2cc(-c3cnc4c(ccc5cc(-c6cn(-c7cccc(C(=O)O)c7O)nn6)cnc54)c3)nn2)c1O. The van der Waals surface area contributed by atoms with Gasteiger partial charge in [-0.2, -0.15) is 0 Å². The largest absolute Gasteiger partial charge is 0.505 e. The van der Waals surface area contributed by atoms with Crippen molar-refractivity contribution in [2.24, 2.45) is 0 Å². The second-order valence-corrected chi connectivity index (χ2v) is 9.71. The fourth-order valence-corrected chi connectivity index (χ4v) is 4.88. The number of carboxylic acid groups (broad SMARTS) is 2. The molecule has 0 amide bonds. The summed E-state index contributed by atoms with van der Waals surface area (Å²) >= 11 is 0. The Labute approximate surface area is 245 Å². The van der Waals surface area contributed by atoms with Crippen LogP contribution < -0.4 is 0 Å². The summed E-state index contributed by atoms with van der Waals surface area (Å²) in [6.07, 6.45) is 6.39. The highest BCUT2D eigenvalue weighted by molar-refractivity contribution is 6.04. The maximum absolute atomic E-state index is 11.4. The molecule has 0 spiro atoms. The highest BCUT2D eigenvalue weighted by Crippen LogP contribution is 2.31. The van der Waals surface area contributed by atoms with E-state index in [0.29, 0.717) is 33.5 Å². The van der Waals surface area contributed by atoms with Crippen molar-refractivity contribution in [3.8, 4) is 45.4 Å². The lowest BCUT2D eigenvalue weighted by atomic mass is 10.1. The third-order valence-corrected chi connectivity index (χ3v) is 7.06. The van der Waals surface area contributed by atoms with Gasteiger partial charge in [0.2, 0.25) is 0 Å². The quantitative estimate of drug-likeness (QED) is 0.204. The van der Waals surface area contributed by atoms with E-state index in [0.717, 1.165) is 10.8 Å². The van der Waals surface area contributed by atoms with Crippen molar-refractivity contribution in [1.82, 2.24) is 40.0 Å². The first-order chi connectivity index (χ1) is 21.3. The number of hydrogen-bond donors (Lipinski definition) is 4. The fourth-order valence-electron chi connectivity index (χ4n) is 4.88. The van der Waals surface area contributed by atoms with Crippen molar-refractivity contribution in [1.29, 1.82) is 0 Å². The molecule has 0 fully saturated rings. The van der Waals surface area contributed by atoms with Crippen molar-refractivity contribution >= 4 is 33.7 Å². The van der Waals surface area contributed by atoms with E-state index in [4.69, 9.17) is 0 Å². The number of hydrogen-bond acceptors (Lipinski definition) is 10. The fraction of sp³-hybridized carbons (Fsp3) is 0. The van der Waals surface area contributed by atoms with Crippen molar-refractivity contribution in [3.63, 3.8) is 0 Å². The van der Waals surface area contributed by atoms with Crippen LogP contribution in [0.3, 0.4) is 0 Å². The molecule has 0 radical (unpaired) electrons. The topological polar surface area (TPSA) is 202 Å². The molecular weight excluding hydrogens is 568 g/mol. The number of benzene rings is 3. The third-order valence-electron chi connectivity index (χ3n) is 7.06. The van der Waals surface area contributed by atoms with Gasteiger partial charge in [-0.05, 0) is 36.4 Å².